The number of nitrogens with one attached hydrogen (secondary N) is 2. The maximum Gasteiger partial charge on any atom is 0.269 e. The molecule has 2 N–H and O–H groups in total. The van der Waals surface area contributed by atoms with Gasteiger partial charge in [0.25, 0.3) is 11.8 Å². The molecule has 2 rings (SSSR count). The van der Waals surface area contributed by atoms with Crippen LogP contribution in [0.25, 0.3) is 0 Å². The molecular weight excluding hydrogens is 408 g/mol. The number of benzene rings is 2. The fraction of sp³-hybridized carbons (Fsp3) is 0.333. The van der Waals surface area contributed by atoms with Crippen LogP contribution in [0.4, 0.5) is 0 Å². The van der Waals surface area contributed by atoms with Gasteiger partial charge in [-0.1, -0.05) is 32.9 Å². The molecule has 0 unspecified atom stereocenters. The maximum absolute atomic E-state index is 12.3. The minimum Gasteiger partial charge on any atom is -0.490 e. The zero-order valence-corrected chi connectivity index (χ0v) is 17.8. The third kappa shape index (κ3) is 5.82. The van der Waals surface area contributed by atoms with Crippen LogP contribution < -0.4 is 15.6 Å². The molecule has 144 valence electrons. The van der Waals surface area contributed by atoms with Crippen molar-refractivity contribution in [1.29, 1.82) is 0 Å². The van der Waals surface area contributed by atoms with Gasteiger partial charge in [-0.05, 0) is 71.1 Å². The lowest BCUT2D eigenvalue weighted by Gasteiger charge is -2.19. The molecule has 0 spiro atoms. The van der Waals surface area contributed by atoms with Crippen LogP contribution in [0, 0.1) is 0 Å². The van der Waals surface area contributed by atoms with E-state index in [-0.39, 0.29) is 17.4 Å². The van der Waals surface area contributed by atoms with Crippen LogP contribution in [0.3, 0.4) is 0 Å². The van der Waals surface area contributed by atoms with Gasteiger partial charge in [0.1, 0.15) is 5.75 Å². The second-order valence-electron chi connectivity index (χ2n) is 7.55. The summed E-state index contributed by atoms with van der Waals surface area (Å²) >= 11 is 3.39. The summed E-state index contributed by atoms with van der Waals surface area (Å²) in [5, 5.41) is 0. The first kappa shape index (κ1) is 21.0. The first-order valence-electron chi connectivity index (χ1n) is 8.75. The highest BCUT2D eigenvalue weighted by Gasteiger charge is 2.15. The fourth-order valence-corrected chi connectivity index (χ4v) is 2.84. The third-order valence-corrected chi connectivity index (χ3v) is 4.48. The molecular formula is C21H25BrN2O3. The topological polar surface area (TPSA) is 67.4 Å². The second-order valence-corrected chi connectivity index (χ2v) is 8.40. The van der Waals surface area contributed by atoms with Crippen molar-refractivity contribution in [1.82, 2.24) is 10.9 Å². The van der Waals surface area contributed by atoms with Gasteiger partial charge in [-0.25, -0.2) is 0 Å². The van der Waals surface area contributed by atoms with Crippen molar-refractivity contribution in [2.45, 2.75) is 46.1 Å². The molecule has 0 aliphatic carbocycles. The minimum atomic E-state index is -0.411. The number of hydrazine groups is 1. The van der Waals surface area contributed by atoms with E-state index in [4.69, 9.17) is 4.74 Å². The fourth-order valence-electron chi connectivity index (χ4n) is 2.37. The molecule has 27 heavy (non-hydrogen) atoms. The molecule has 0 atom stereocenters. The van der Waals surface area contributed by atoms with Crippen LogP contribution in [0.1, 0.15) is 60.9 Å². The molecule has 0 radical (unpaired) electrons. The predicted molar refractivity (Wildman–Crippen MR) is 110 cm³/mol. The Morgan fingerprint density at radius 2 is 1.44 bits per heavy atom. The van der Waals surface area contributed by atoms with Crippen LogP contribution >= 0.6 is 15.9 Å². The number of rotatable bonds is 4. The number of hydrogen-bond acceptors (Lipinski definition) is 3. The van der Waals surface area contributed by atoms with E-state index < -0.39 is 5.91 Å². The highest BCUT2D eigenvalue weighted by molar-refractivity contribution is 9.10. The molecule has 2 amide bonds. The highest BCUT2D eigenvalue weighted by atomic mass is 79.9. The molecule has 6 heteroatoms. The highest BCUT2D eigenvalue weighted by Crippen LogP contribution is 2.27. The summed E-state index contributed by atoms with van der Waals surface area (Å²) in [6.07, 6.45) is 0.0323. The van der Waals surface area contributed by atoms with Crippen molar-refractivity contribution >= 4 is 27.7 Å². The summed E-state index contributed by atoms with van der Waals surface area (Å²) in [4.78, 5) is 24.5. The SMILES string of the molecule is CC(C)Oc1ccc(C(=O)NNC(=O)c2ccc(C(C)(C)C)cc2)cc1Br. The van der Waals surface area contributed by atoms with Crippen LogP contribution in [-0.2, 0) is 5.41 Å². The van der Waals surface area contributed by atoms with E-state index >= 15 is 0 Å². The van der Waals surface area contributed by atoms with E-state index in [9.17, 15) is 9.59 Å². The molecule has 2 aromatic carbocycles. The van der Waals surface area contributed by atoms with Gasteiger partial charge in [-0.3, -0.25) is 20.4 Å². The monoisotopic (exact) mass is 432 g/mol. The summed E-state index contributed by atoms with van der Waals surface area (Å²) in [7, 11) is 0. The van der Waals surface area contributed by atoms with E-state index in [1.165, 1.54) is 0 Å². The summed E-state index contributed by atoms with van der Waals surface area (Å²) in [5.41, 5.74) is 6.90. The van der Waals surface area contributed by atoms with Gasteiger partial charge in [0, 0.05) is 11.1 Å². The Hall–Kier alpha value is -2.34. The van der Waals surface area contributed by atoms with Gasteiger partial charge in [0.15, 0.2) is 0 Å². The van der Waals surface area contributed by atoms with Crippen LogP contribution in [0.15, 0.2) is 46.9 Å². The Bertz CT molecular complexity index is 824. The molecule has 0 bridgehead atoms. The van der Waals surface area contributed by atoms with Crippen molar-refractivity contribution in [2.75, 3.05) is 0 Å². The molecule has 0 aliphatic rings. The summed E-state index contributed by atoms with van der Waals surface area (Å²) in [5.74, 6) is -0.126. The van der Waals surface area contributed by atoms with Gasteiger partial charge in [0.2, 0.25) is 0 Å². The minimum absolute atomic E-state index is 0.0159. The third-order valence-electron chi connectivity index (χ3n) is 3.86. The number of hydrogen-bond donors (Lipinski definition) is 2. The normalized spacial score (nSPS) is 11.2. The Morgan fingerprint density at radius 1 is 0.926 bits per heavy atom. The van der Waals surface area contributed by atoms with Gasteiger partial charge in [-0.15, -0.1) is 0 Å². The summed E-state index contributed by atoms with van der Waals surface area (Å²) in [6.45, 7) is 10.2. The zero-order chi connectivity index (χ0) is 20.2. The lowest BCUT2D eigenvalue weighted by molar-refractivity contribution is 0.0846. The standard InChI is InChI=1S/C21H25BrN2O3/c1-13(2)27-18-11-8-15(12-17(18)22)20(26)24-23-19(25)14-6-9-16(10-7-14)21(3,4)5/h6-13H,1-5H3,(H,23,25)(H,24,26). The number of amides is 2. The number of ether oxygens (including phenoxy) is 1. The zero-order valence-electron chi connectivity index (χ0n) is 16.2. The maximum atomic E-state index is 12.3. The van der Waals surface area contributed by atoms with E-state index in [1.54, 1.807) is 30.3 Å². The van der Waals surface area contributed by atoms with Crippen molar-refractivity contribution in [3.63, 3.8) is 0 Å². The van der Waals surface area contributed by atoms with Crippen LogP contribution in [0.2, 0.25) is 0 Å². The smallest absolute Gasteiger partial charge is 0.269 e. The number of carbonyl (C=O) groups excluding carboxylic acids is 2. The van der Waals surface area contributed by atoms with Gasteiger partial charge in [-0.2, -0.15) is 0 Å². The quantitative estimate of drug-likeness (QED) is 0.693. The Morgan fingerprint density at radius 3 is 1.93 bits per heavy atom. The van der Waals surface area contributed by atoms with E-state index in [2.05, 4.69) is 47.6 Å². The molecule has 0 aromatic heterocycles. The summed E-state index contributed by atoms with van der Waals surface area (Å²) < 4.78 is 6.29. The van der Waals surface area contributed by atoms with E-state index in [0.717, 1.165) is 5.56 Å². The molecule has 5 nitrogen and oxygen atoms in total. The van der Waals surface area contributed by atoms with Crippen LogP contribution in [0.5, 0.6) is 5.75 Å². The van der Waals surface area contributed by atoms with Gasteiger partial charge >= 0.3 is 0 Å². The van der Waals surface area contributed by atoms with Crippen molar-refractivity contribution < 1.29 is 14.3 Å². The Labute approximate surface area is 168 Å². The average Bonchev–Trinajstić information content (AvgIpc) is 2.60. The number of carbonyl (C=O) groups is 2. The Kier molecular flexibility index (Phi) is 6.65. The predicted octanol–water partition coefficient (Wildman–Crippen LogP) is 4.61. The molecule has 0 aliphatic heterocycles. The molecule has 0 saturated carbocycles. The van der Waals surface area contributed by atoms with Crippen molar-refractivity contribution in [2.24, 2.45) is 0 Å². The number of halogens is 1. The average molecular weight is 433 g/mol. The first-order chi connectivity index (χ1) is 12.6. The van der Waals surface area contributed by atoms with Crippen molar-refractivity contribution in [3.05, 3.63) is 63.6 Å². The summed E-state index contributed by atoms with van der Waals surface area (Å²) in [6, 6.07) is 12.3. The molecule has 0 saturated heterocycles. The van der Waals surface area contributed by atoms with Crippen LogP contribution in [-0.4, -0.2) is 17.9 Å². The Balaban J connectivity index is 1.98. The largest absolute Gasteiger partial charge is 0.490 e. The molecule has 2 aromatic rings. The first-order valence-corrected chi connectivity index (χ1v) is 9.54. The van der Waals surface area contributed by atoms with E-state index in [0.29, 0.717) is 21.3 Å². The lowest BCUT2D eigenvalue weighted by atomic mass is 9.87. The lowest BCUT2D eigenvalue weighted by Crippen LogP contribution is -2.41. The van der Waals surface area contributed by atoms with Gasteiger partial charge < -0.3 is 4.74 Å². The molecule has 0 fully saturated rings. The van der Waals surface area contributed by atoms with E-state index in [1.807, 2.05) is 26.0 Å². The van der Waals surface area contributed by atoms with Gasteiger partial charge in [0.05, 0.1) is 10.6 Å². The second kappa shape index (κ2) is 8.57. The molecule has 0 heterocycles. The van der Waals surface area contributed by atoms with Crippen molar-refractivity contribution in [3.8, 4) is 5.75 Å².